The molecule has 1 atom stereocenters. The minimum absolute atomic E-state index is 0.0673. The van der Waals surface area contributed by atoms with Gasteiger partial charge in [0.05, 0.1) is 18.3 Å². The average molecular weight is 497 g/mol. The quantitative estimate of drug-likeness (QED) is 0.344. The zero-order valence-corrected chi connectivity index (χ0v) is 21.9. The number of fused-ring (bicyclic) bond motifs is 5. The molecule has 2 aliphatic rings. The van der Waals surface area contributed by atoms with Gasteiger partial charge in [0.25, 0.3) is 0 Å². The molecule has 4 heterocycles. The first kappa shape index (κ1) is 23.1. The number of nitrogens with zero attached hydrogens (tertiary/aromatic N) is 3. The third kappa shape index (κ3) is 3.94. The van der Waals surface area contributed by atoms with E-state index in [-0.39, 0.29) is 12.1 Å². The minimum Gasteiger partial charge on any atom is -0.310 e. The molecule has 2 aliphatic heterocycles. The molecule has 0 fully saturated rings. The number of nitrogens with one attached hydrogen (secondary N) is 1. The lowest BCUT2D eigenvalue weighted by Crippen LogP contribution is -2.38. The van der Waals surface area contributed by atoms with Crippen LogP contribution in [0.5, 0.6) is 0 Å². The van der Waals surface area contributed by atoms with Crippen LogP contribution in [0.1, 0.15) is 51.4 Å². The van der Waals surface area contributed by atoms with E-state index < -0.39 is 0 Å². The fraction of sp³-hybridized carbons (Fsp3) is 0.300. The highest BCUT2D eigenvalue weighted by atomic mass is 32.1. The van der Waals surface area contributed by atoms with Crippen LogP contribution in [0.2, 0.25) is 0 Å². The molecular weight excluding hydrogens is 464 g/mol. The van der Waals surface area contributed by atoms with Gasteiger partial charge in [-0.2, -0.15) is 0 Å². The average Bonchev–Trinajstić information content (AvgIpc) is 3.47. The summed E-state index contributed by atoms with van der Waals surface area (Å²) in [4.78, 5) is 20.1. The molecular formula is C30H32N4OS. The lowest BCUT2D eigenvalue weighted by Gasteiger charge is -2.32. The van der Waals surface area contributed by atoms with Gasteiger partial charge < -0.3 is 14.8 Å². The number of carbonyl (C=O) groups excluding carboxylic acids is 1. The van der Waals surface area contributed by atoms with Crippen LogP contribution in [-0.2, 0) is 19.5 Å². The van der Waals surface area contributed by atoms with Crippen LogP contribution >= 0.6 is 11.3 Å². The van der Waals surface area contributed by atoms with Crippen molar-refractivity contribution >= 4 is 23.1 Å². The Morgan fingerprint density at radius 1 is 1.03 bits per heavy atom. The molecule has 0 bridgehead atoms. The van der Waals surface area contributed by atoms with E-state index in [1.165, 1.54) is 26.6 Å². The van der Waals surface area contributed by atoms with Gasteiger partial charge in [0.1, 0.15) is 5.00 Å². The molecule has 0 saturated heterocycles. The van der Waals surface area contributed by atoms with Gasteiger partial charge in [0.15, 0.2) is 0 Å². The summed E-state index contributed by atoms with van der Waals surface area (Å²) in [5.74, 6) is 0. The Hall–Kier alpha value is -3.35. The second kappa shape index (κ2) is 9.26. The maximum absolute atomic E-state index is 14.1. The Bertz CT molecular complexity index is 1420. The predicted molar refractivity (Wildman–Crippen MR) is 147 cm³/mol. The van der Waals surface area contributed by atoms with Gasteiger partial charge in [-0.3, -0.25) is 4.90 Å². The molecule has 0 saturated carbocycles. The Kier molecular flexibility index (Phi) is 5.94. The molecule has 0 radical (unpaired) electrons. The smallest absolute Gasteiger partial charge is 0.310 e. The monoisotopic (exact) mass is 496 g/mol. The lowest BCUT2D eigenvalue weighted by molar-refractivity contribution is 0.194. The molecule has 0 spiro atoms. The van der Waals surface area contributed by atoms with E-state index in [4.69, 9.17) is 0 Å². The maximum Gasteiger partial charge on any atom is 0.322 e. The van der Waals surface area contributed by atoms with E-state index >= 15 is 0 Å². The molecule has 1 N–H and O–H groups in total. The van der Waals surface area contributed by atoms with Gasteiger partial charge in [-0.1, -0.05) is 55.0 Å². The number of thiophene rings is 1. The zero-order chi connectivity index (χ0) is 24.8. The number of benzene rings is 2. The molecule has 184 valence electrons. The Morgan fingerprint density at radius 3 is 2.64 bits per heavy atom. The molecule has 0 aliphatic carbocycles. The van der Waals surface area contributed by atoms with E-state index in [0.717, 1.165) is 48.6 Å². The molecule has 2 amide bonds. The van der Waals surface area contributed by atoms with Crippen LogP contribution in [0.3, 0.4) is 0 Å². The van der Waals surface area contributed by atoms with Crippen molar-refractivity contribution in [2.24, 2.45) is 0 Å². The van der Waals surface area contributed by atoms with E-state index in [0.29, 0.717) is 6.54 Å². The summed E-state index contributed by atoms with van der Waals surface area (Å²) in [7, 11) is 0. The van der Waals surface area contributed by atoms with Gasteiger partial charge in [-0.25, -0.2) is 4.79 Å². The molecule has 0 unspecified atom stereocenters. The highest BCUT2D eigenvalue weighted by Gasteiger charge is 2.36. The van der Waals surface area contributed by atoms with Crippen LogP contribution in [0, 0.1) is 13.8 Å². The molecule has 36 heavy (non-hydrogen) atoms. The molecule has 6 rings (SSSR count). The Balaban J connectivity index is 1.47. The van der Waals surface area contributed by atoms with Crippen molar-refractivity contribution in [3.05, 3.63) is 105 Å². The van der Waals surface area contributed by atoms with Crippen molar-refractivity contribution in [2.45, 2.75) is 46.3 Å². The van der Waals surface area contributed by atoms with Gasteiger partial charge in [0, 0.05) is 35.4 Å². The van der Waals surface area contributed by atoms with Crippen molar-refractivity contribution in [1.82, 2.24) is 14.4 Å². The first-order valence-electron chi connectivity index (χ1n) is 12.8. The number of carbonyl (C=O) groups is 1. The van der Waals surface area contributed by atoms with E-state index in [9.17, 15) is 4.79 Å². The lowest BCUT2D eigenvalue weighted by atomic mass is 10.00. The van der Waals surface area contributed by atoms with E-state index in [1.54, 1.807) is 0 Å². The van der Waals surface area contributed by atoms with Gasteiger partial charge in [-0.15, -0.1) is 11.3 Å². The highest BCUT2D eigenvalue weighted by molar-refractivity contribution is 7.15. The second-order valence-corrected chi connectivity index (χ2v) is 11.0. The van der Waals surface area contributed by atoms with Crippen LogP contribution in [0.15, 0.2) is 66.9 Å². The summed E-state index contributed by atoms with van der Waals surface area (Å²) >= 11 is 1.90. The summed E-state index contributed by atoms with van der Waals surface area (Å²) in [6.07, 6.45) is 3.20. The number of likely N-dealkylation sites (N-methyl/N-ethyl adjacent to an activating group) is 1. The fourth-order valence-corrected chi connectivity index (χ4v) is 7.08. The van der Waals surface area contributed by atoms with Crippen LogP contribution < -0.4 is 5.32 Å². The number of aromatic nitrogens is 1. The number of anilines is 1. The van der Waals surface area contributed by atoms with Crippen molar-refractivity contribution < 1.29 is 4.79 Å². The Labute approximate surface area is 217 Å². The minimum atomic E-state index is -0.182. The molecule has 2 aromatic carbocycles. The normalized spacial score (nSPS) is 17.2. The van der Waals surface area contributed by atoms with Crippen LogP contribution in [0.25, 0.3) is 5.00 Å². The third-order valence-corrected chi connectivity index (χ3v) is 8.85. The van der Waals surface area contributed by atoms with E-state index in [2.05, 4.69) is 90.3 Å². The summed E-state index contributed by atoms with van der Waals surface area (Å²) in [5, 5.41) is 4.51. The van der Waals surface area contributed by atoms with E-state index in [1.807, 2.05) is 28.4 Å². The number of hydrogen-bond acceptors (Lipinski definition) is 3. The molecule has 5 nitrogen and oxygen atoms in total. The van der Waals surface area contributed by atoms with Gasteiger partial charge >= 0.3 is 6.03 Å². The molecule has 4 aromatic rings. The molecule has 2 aromatic heterocycles. The van der Waals surface area contributed by atoms with Crippen molar-refractivity contribution in [3.8, 4) is 5.00 Å². The highest BCUT2D eigenvalue weighted by Crippen LogP contribution is 2.43. The van der Waals surface area contributed by atoms with Crippen molar-refractivity contribution in [2.75, 3.05) is 18.4 Å². The maximum atomic E-state index is 14.1. The third-order valence-electron chi connectivity index (χ3n) is 7.59. The van der Waals surface area contributed by atoms with Crippen LogP contribution in [-0.4, -0.2) is 33.5 Å². The Morgan fingerprint density at radius 2 is 1.86 bits per heavy atom. The largest absolute Gasteiger partial charge is 0.322 e. The van der Waals surface area contributed by atoms with Crippen molar-refractivity contribution in [1.29, 1.82) is 0 Å². The second-order valence-electron chi connectivity index (χ2n) is 9.90. The predicted octanol–water partition coefficient (Wildman–Crippen LogP) is 6.67. The van der Waals surface area contributed by atoms with Gasteiger partial charge in [-0.05, 0) is 61.7 Å². The first-order valence-corrected chi connectivity index (χ1v) is 13.6. The fourth-order valence-electron chi connectivity index (χ4n) is 5.67. The number of rotatable bonds is 3. The number of amides is 2. The topological polar surface area (TPSA) is 40.5 Å². The standard InChI is InChI=1S/C30H32N4OS/c1-4-32-16-14-23-24-18-34(30(35)31-25-13-12-20(2)17-21(25)3)28(22-9-6-5-7-10-22)26-11-8-15-33(26)29(24)36-27(23)19-32/h5-13,15,17,28H,4,14,16,18-19H2,1-3H3,(H,31,35)/t28-/m1/s1. The molecule has 6 heteroatoms. The number of aryl methyl sites for hydroxylation is 2. The summed E-state index contributed by atoms with van der Waals surface area (Å²) in [6.45, 7) is 10.1. The number of hydrogen-bond donors (Lipinski definition) is 1. The summed E-state index contributed by atoms with van der Waals surface area (Å²) in [6, 6.07) is 20.6. The first-order chi connectivity index (χ1) is 17.5. The zero-order valence-electron chi connectivity index (χ0n) is 21.1. The van der Waals surface area contributed by atoms with Crippen LogP contribution in [0.4, 0.5) is 10.5 Å². The summed E-state index contributed by atoms with van der Waals surface area (Å²) in [5.41, 5.74) is 8.12. The van der Waals surface area contributed by atoms with Crippen molar-refractivity contribution in [3.63, 3.8) is 0 Å². The number of urea groups is 1. The van der Waals surface area contributed by atoms with Gasteiger partial charge in [0.2, 0.25) is 0 Å². The SMILES string of the molecule is CCN1CCc2c(sc3c2CN(C(=O)Nc2ccc(C)cc2C)[C@H](c2ccccc2)c2cccn2-3)C1. The summed E-state index contributed by atoms with van der Waals surface area (Å²) < 4.78 is 2.33.